The van der Waals surface area contributed by atoms with E-state index in [1.165, 1.54) is 30.5 Å². The molecule has 16 atom stereocenters. The van der Waals surface area contributed by atoms with Crippen LogP contribution in [0.4, 0.5) is 4.79 Å². The summed E-state index contributed by atoms with van der Waals surface area (Å²) in [5, 5.41) is 28.2. The predicted octanol–water partition coefficient (Wildman–Crippen LogP) is 9.32. The summed E-state index contributed by atoms with van der Waals surface area (Å²) >= 11 is 1.28. The van der Waals surface area contributed by atoms with Crippen molar-refractivity contribution in [3.63, 3.8) is 0 Å². The number of carbonyl (C=O) groups excluding carboxylic acids is 7. The SMILES string of the molecule is COC1CC2CC[C@@H](C)[C@@](O)(O2)C(=O)C(=O)N2CCCC[C@H]2C(=O)OC(C(C)CC2CC[C@@H](OC(=O)NC(C(=O)Oc3ccccc3)c3cccs3)C(OC)C2)CC(=O)C(C)/C=C(\C)[C@@H](O)C(OC)C(=O)[C@H](C)CC(C)\C=C/C=C/C=C/1C. The lowest BCUT2D eigenvalue weighted by Crippen LogP contribution is -2.61. The molecule has 3 N–H and O–H groups in total. The molecule has 2 saturated heterocycles. The molecule has 2 aromatic rings. The van der Waals surface area contributed by atoms with Crippen LogP contribution in [-0.2, 0) is 57.2 Å². The topological polar surface area (TPSA) is 240 Å². The third kappa shape index (κ3) is 17.9. The number of nitrogens with zero attached hydrogens (tertiary/aromatic N) is 1. The molecule has 2 bridgehead atoms. The highest BCUT2D eigenvalue weighted by atomic mass is 32.1. The zero-order valence-corrected chi connectivity index (χ0v) is 50.7. The minimum Gasteiger partial charge on any atom is -0.460 e. The largest absolute Gasteiger partial charge is 0.460 e. The second kappa shape index (κ2) is 31.5. The van der Waals surface area contributed by atoms with E-state index in [2.05, 4.69) is 5.32 Å². The lowest BCUT2D eigenvalue weighted by molar-refractivity contribution is -0.265. The Morgan fingerprint density at radius 1 is 0.843 bits per heavy atom. The van der Waals surface area contributed by atoms with E-state index in [-0.39, 0.29) is 49.2 Å². The van der Waals surface area contributed by atoms with Crippen LogP contribution in [0.2, 0.25) is 0 Å². The van der Waals surface area contributed by atoms with Gasteiger partial charge in [-0.1, -0.05) is 95.3 Å². The number of fused-ring (bicyclic) bond motifs is 3. The van der Waals surface area contributed by atoms with Crippen molar-refractivity contribution in [1.82, 2.24) is 10.2 Å². The first-order valence-corrected chi connectivity index (χ1v) is 30.2. The number of ketones is 3. The van der Waals surface area contributed by atoms with Gasteiger partial charge >= 0.3 is 18.0 Å². The maximum Gasteiger partial charge on any atom is 0.408 e. The van der Waals surface area contributed by atoms with E-state index in [4.69, 9.17) is 33.2 Å². The number of methoxy groups -OCH3 is 3. The number of alkyl carbamates (subject to hydrolysis) is 1. The Kier molecular flexibility index (Phi) is 25.2. The number of carbonyl (C=O) groups is 7. The van der Waals surface area contributed by atoms with Crippen LogP contribution in [-0.4, -0.2) is 139 Å². The van der Waals surface area contributed by atoms with Gasteiger partial charge < -0.3 is 53.6 Å². The lowest BCUT2D eigenvalue weighted by Gasteiger charge is -2.42. The summed E-state index contributed by atoms with van der Waals surface area (Å²) in [4.78, 5) is 101. The molecular formula is C64H88N2O16S. The van der Waals surface area contributed by atoms with Gasteiger partial charge in [-0.25, -0.2) is 14.4 Å². The quantitative estimate of drug-likeness (QED) is 0.0822. The van der Waals surface area contributed by atoms with Gasteiger partial charge in [-0.15, -0.1) is 11.3 Å². The van der Waals surface area contributed by atoms with Gasteiger partial charge in [-0.2, -0.15) is 0 Å². The van der Waals surface area contributed by atoms with Crippen LogP contribution in [0.5, 0.6) is 5.75 Å². The Morgan fingerprint density at radius 3 is 2.28 bits per heavy atom. The number of thiophene rings is 1. The van der Waals surface area contributed by atoms with E-state index in [9.17, 15) is 43.8 Å². The van der Waals surface area contributed by atoms with Crippen molar-refractivity contribution in [2.75, 3.05) is 27.9 Å². The zero-order chi connectivity index (χ0) is 60.5. The number of rotatable bonds is 11. The predicted molar refractivity (Wildman–Crippen MR) is 312 cm³/mol. The number of benzene rings is 1. The third-order valence-corrected chi connectivity index (χ3v) is 17.9. The first-order chi connectivity index (χ1) is 39.6. The standard InChI is InChI=1S/C64H88N2O16S/c1-38-20-13-11-14-21-39(2)51(76-8)36-47-28-26-44(7)64(75,82-47)59(70)60(71)66-30-18-17-24-48(66)61(72)80-52(37-49(67)40(3)33-43(6)57(69)58(78-10)56(68)42(5)32-38)41(4)34-45-27-29-50(53(35-45)77-9)81-63(74)65-55(54-25-19-31-83-54)62(73)79-46-22-15-12-16-23-46/h11-16,19-23,25,31,33,38,40-42,44-45,47-48,50-53,55,57-58,69,75H,17-18,24,26-30,32,34-37H2,1-10H3,(H,65,74)/b14-11+,20-13-,39-21+,43-33+/t38?,40?,41?,42-,44-,45?,47?,48+,50-,51?,52?,53?,55?,57-,58?,64-/m1/s1. The summed E-state index contributed by atoms with van der Waals surface area (Å²) < 4.78 is 41.5. The molecule has 1 aromatic heterocycles. The van der Waals surface area contributed by atoms with Gasteiger partial charge in [0.25, 0.3) is 11.7 Å². The Morgan fingerprint density at radius 2 is 1.59 bits per heavy atom. The highest BCUT2D eigenvalue weighted by Gasteiger charge is 2.53. The smallest absolute Gasteiger partial charge is 0.408 e. The van der Waals surface area contributed by atoms with Crippen molar-refractivity contribution < 1.29 is 76.9 Å². The maximum absolute atomic E-state index is 14.7. The number of para-hydroxylation sites is 1. The van der Waals surface area contributed by atoms with Gasteiger partial charge in [0, 0.05) is 63.3 Å². The van der Waals surface area contributed by atoms with Crippen molar-refractivity contribution in [1.29, 1.82) is 0 Å². The summed E-state index contributed by atoms with van der Waals surface area (Å²) in [5.74, 6) is -9.11. The minimum absolute atomic E-state index is 0.0143. The number of nitrogens with one attached hydrogen (secondary N) is 1. The first kappa shape index (κ1) is 66.5. The molecule has 19 heteroatoms. The number of aliphatic hydroxyl groups excluding tert-OH is 1. The number of amides is 2. The average Bonchev–Trinajstić information content (AvgIpc) is 4.12. The van der Waals surface area contributed by atoms with Crippen LogP contribution in [0.3, 0.4) is 0 Å². The van der Waals surface area contributed by atoms with Crippen molar-refractivity contribution >= 4 is 52.6 Å². The van der Waals surface area contributed by atoms with Gasteiger partial charge in [0.1, 0.15) is 42.0 Å². The molecule has 0 radical (unpaired) electrons. The second-order valence-corrected chi connectivity index (χ2v) is 24.3. The van der Waals surface area contributed by atoms with Crippen molar-refractivity contribution in [3.05, 3.63) is 100 Å². The molecule has 4 aliphatic rings. The Balaban J connectivity index is 1.24. The molecule has 2 amide bonds. The fraction of sp³-hybridized carbons (Fsp3) is 0.609. The molecule has 1 aliphatic carbocycles. The summed E-state index contributed by atoms with van der Waals surface area (Å²) in [6, 6.07) is 9.65. The van der Waals surface area contributed by atoms with Crippen LogP contribution in [0.25, 0.3) is 0 Å². The molecular weight excluding hydrogens is 1080 g/mol. The van der Waals surface area contributed by atoms with Gasteiger partial charge in [-0.05, 0) is 131 Å². The fourth-order valence-corrected chi connectivity index (χ4v) is 12.7. The van der Waals surface area contributed by atoms with Crippen molar-refractivity contribution in [3.8, 4) is 5.75 Å². The number of hydrogen-bond donors (Lipinski definition) is 3. The van der Waals surface area contributed by atoms with Gasteiger partial charge in [0.05, 0.1) is 18.3 Å². The fourth-order valence-electron chi connectivity index (χ4n) is 11.9. The second-order valence-electron chi connectivity index (χ2n) is 23.3. The normalized spacial score (nSPS) is 34.3. The lowest BCUT2D eigenvalue weighted by atomic mass is 9.78. The van der Waals surface area contributed by atoms with Crippen LogP contribution in [0.1, 0.15) is 136 Å². The van der Waals surface area contributed by atoms with Crippen LogP contribution in [0.15, 0.2) is 95.4 Å². The number of cyclic esters (lactones) is 1. The zero-order valence-electron chi connectivity index (χ0n) is 49.9. The molecule has 6 rings (SSSR count). The molecule has 10 unspecified atom stereocenters. The number of Topliss-reactive ketones (excluding diaryl/α,β-unsaturated/α-hetero) is 3. The molecule has 18 nitrogen and oxygen atoms in total. The molecule has 3 aliphatic heterocycles. The highest BCUT2D eigenvalue weighted by Crippen LogP contribution is 2.38. The monoisotopic (exact) mass is 1170 g/mol. The summed E-state index contributed by atoms with van der Waals surface area (Å²) in [5.41, 5.74) is 1.20. The summed E-state index contributed by atoms with van der Waals surface area (Å²) in [7, 11) is 4.45. The van der Waals surface area contributed by atoms with E-state index < -0.39 is 114 Å². The molecule has 83 heavy (non-hydrogen) atoms. The van der Waals surface area contributed by atoms with Crippen molar-refractivity contribution in [2.45, 2.75) is 186 Å². The Labute approximate surface area is 493 Å². The van der Waals surface area contributed by atoms with Gasteiger partial charge in [0.2, 0.25) is 5.79 Å². The van der Waals surface area contributed by atoms with E-state index in [1.54, 1.807) is 88.7 Å². The number of piperidine rings is 1. The van der Waals surface area contributed by atoms with E-state index >= 15 is 0 Å². The molecule has 1 aromatic carbocycles. The third-order valence-electron chi connectivity index (χ3n) is 17.0. The van der Waals surface area contributed by atoms with E-state index in [0.29, 0.717) is 74.0 Å². The van der Waals surface area contributed by atoms with Crippen molar-refractivity contribution in [2.24, 2.45) is 35.5 Å². The summed E-state index contributed by atoms with van der Waals surface area (Å²) in [6.07, 6.45) is 8.69. The van der Waals surface area contributed by atoms with Crippen LogP contribution >= 0.6 is 11.3 Å². The van der Waals surface area contributed by atoms with Crippen LogP contribution < -0.4 is 10.1 Å². The number of hydrogen-bond acceptors (Lipinski definition) is 17. The molecule has 1 saturated carbocycles. The van der Waals surface area contributed by atoms with Crippen LogP contribution in [0, 0.1) is 35.5 Å². The molecule has 0 spiro atoms. The first-order valence-electron chi connectivity index (χ1n) is 29.3. The Bertz CT molecular complexity index is 2640. The van der Waals surface area contributed by atoms with Gasteiger partial charge in [-0.3, -0.25) is 19.2 Å². The molecule has 4 heterocycles. The maximum atomic E-state index is 14.7. The minimum atomic E-state index is -2.48. The average molecular weight is 1170 g/mol. The summed E-state index contributed by atoms with van der Waals surface area (Å²) in [6.45, 7) is 12.6. The number of aliphatic hydroxyl groups is 2. The van der Waals surface area contributed by atoms with Gasteiger partial charge in [0.15, 0.2) is 11.8 Å². The highest BCUT2D eigenvalue weighted by molar-refractivity contribution is 7.10. The number of ether oxygens (including phenoxy) is 7. The number of allylic oxidation sites excluding steroid dienone is 6. The number of esters is 2. The van der Waals surface area contributed by atoms with E-state index in [0.717, 1.165) is 5.57 Å². The molecule has 3 fully saturated rings. The Hall–Kier alpha value is -5.67. The van der Waals surface area contributed by atoms with E-state index in [1.807, 2.05) is 51.2 Å². The molecule has 456 valence electrons.